The Morgan fingerprint density at radius 1 is 1.00 bits per heavy atom. The van der Waals surface area contributed by atoms with Crippen LogP contribution in [0.25, 0.3) is 0 Å². The zero-order chi connectivity index (χ0) is 13.0. The highest BCUT2D eigenvalue weighted by molar-refractivity contribution is 5.34. The Kier molecular flexibility index (Phi) is 2.54. The van der Waals surface area contributed by atoms with E-state index in [1.54, 1.807) is 0 Å². The number of hydrogen-bond donors (Lipinski definition) is 1. The van der Waals surface area contributed by atoms with Gasteiger partial charge in [0.25, 0.3) is 0 Å². The molecular weight excluding hydrogens is 236 g/mol. The summed E-state index contributed by atoms with van der Waals surface area (Å²) in [6.07, 6.45) is 6.26. The van der Waals surface area contributed by atoms with E-state index in [-0.39, 0.29) is 0 Å². The van der Waals surface area contributed by atoms with Crippen LogP contribution in [0.5, 0.6) is 0 Å². The molecule has 3 aliphatic rings. The first kappa shape index (κ1) is 11.6. The Morgan fingerprint density at radius 2 is 1.68 bits per heavy atom. The van der Waals surface area contributed by atoms with Gasteiger partial charge >= 0.3 is 0 Å². The number of rotatable bonds is 4. The fraction of sp³-hybridized carbons (Fsp3) is 0.800. The lowest BCUT2D eigenvalue weighted by atomic mass is 10.0. The van der Waals surface area contributed by atoms with E-state index >= 15 is 0 Å². The van der Waals surface area contributed by atoms with E-state index in [0.29, 0.717) is 6.04 Å². The quantitative estimate of drug-likeness (QED) is 0.901. The average molecular weight is 258 g/mol. The Balaban J connectivity index is 1.49. The first-order chi connectivity index (χ1) is 9.31. The zero-order valence-electron chi connectivity index (χ0n) is 11.8. The molecule has 0 radical (unpaired) electrons. The summed E-state index contributed by atoms with van der Waals surface area (Å²) < 4.78 is 0. The average Bonchev–Trinajstić information content (AvgIpc) is 2.85. The minimum atomic E-state index is 0.644. The van der Waals surface area contributed by atoms with Crippen LogP contribution in [0.15, 0.2) is 0 Å². The second-order valence-corrected chi connectivity index (χ2v) is 6.39. The molecule has 0 saturated heterocycles. The fourth-order valence-corrected chi connectivity index (χ4v) is 4.67. The van der Waals surface area contributed by atoms with Gasteiger partial charge in [0, 0.05) is 6.04 Å². The summed E-state index contributed by atoms with van der Waals surface area (Å²) >= 11 is 0. The van der Waals surface area contributed by atoms with E-state index in [1.165, 1.54) is 19.3 Å². The van der Waals surface area contributed by atoms with Crippen molar-refractivity contribution in [2.24, 2.45) is 23.7 Å². The molecule has 0 spiro atoms. The third kappa shape index (κ3) is 1.68. The van der Waals surface area contributed by atoms with Crippen molar-refractivity contribution in [2.45, 2.75) is 52.0 Å². The van der Waals surface area contributed by atoms with Gasteiger partial charge in [0.05, 0.1) is 11.4 Å². The van der Waals surface area contributed by atoms with Crippen molar-refractivity contribution in [3.63, 3.8) is 0 Å². The third-order valence-electron chi connectivity index (χ3n) is 5.54. The van der Waals surface area contributed by atoms with E-state index in [0.717, 1.165) is 53.8 Å². The third-order valence-corrected chi connectivity index (χ3v) is 5.54. The predicted octanol–water partition coefficient (Wildman–Crippen LogP) is 2.45. The van der Waals surface area contributed by atoms with Gasteiger partial charge in [-0.1, -0.05) is 13.8 Å². The fourth-order valence-electron chi connectivity index (χ4n) is 4.67. The van der Waals surface area contributed by atoms with Crippen LogP contribution in [0.1, 0.15) is 44.5 Å². The van der Waals surface area contributed by atoms with E-state index in [9.17, 15) is 0 Å². The SMILES string of the molecule is CCc1nnc(NC2C3C4CCC(C4)C23)nc1CC. The largest absolute Gasteiger partial charge is 0.350 e. The number of aryl methyl sites for hydroxylation is 2. The summed E-state index contributed by atoms with van der Waals surface area (Å²) in [7, 11) is 0. The van der Waals surface area contributed by atoms with Crippen molar-refractivity contribution in [2.75, 3.05) is 5.32 Å². The molecule has 1 N–H and O–H groups in total. The smallest absolute Gasteiger partial charge is 0.243 e. The van der Waals surface area contributed by atoms with Crippen LogP contribution < -0.4 is 5.32 Å². The van der Waals surface area contributed by atoms with Crippen molar-refractivity contribution in [1.29, 1.82) is 0 Å². The van der Waals surface area contributed by atoms with Gasteiger partial charge in [-0.3, -0.25) is 0 Å². The zero-order valence-corrected chi connectivity index (χ0v) is 11.8. The maximum absolute atomic E-state index is 4.66. The van der Waals surface area contributed by atoms with Crippen molar-refractivity contribution >= 4 is 5.95 Å². The molecule has 2 bridgehead atoms. The normalized spacial score (nSPS) is 38.3. The molecule has 4 rings (SSSR count). The van der Waals surface area contributed by atoms with Gasteiger partial charge in [-0.2, -0.15) is 5.10 Å². The second kappa shape index (κ2) is 4.15. The number of nitrogens with zero attached hydrogens (tertiary/aromatic N) is 3. The van der Waals surface area contributed by atoms with E-state index in [2.05, 4.69) is 34.3 Å². The Labute approximate surface area is 114 Å². The molecule has 0 aromatic carbocycles. The van der Waals surface area contributed by atoms with Crippen LogP contribution in [0.4, 0.5) is 5.95 Å². The molecule has 4 heteroatoms. The summed E-state index contributed by atoms with van der Waals surface area (Å²) in [6.45, 7) is 4.25. The first-order valence-electron chi connectivity index (χ1n) is 7.80. The topological polar surface area (TPSA) is 50.7 Å². The van der Waals surface area contributed by atoms with Crippen LogP contribution in [0.2, 0.25) is 0 Å². The second-order valence-electron chi connectivity index (χ2n) is 6.39. The molecule has 1 aromatic heterocycles. The van der Waals surface area contributed by atoms with Gasteiger partial charge in [0.1, 0.15) is 0 Å². The lowest BCUT2D eigenvalue weighted by Gasteiger charge is -2.11. The molecule has 0 amide bonds. The summed E-state index contributed by atoms with van der Waals surface area (Å²) in [5.74, 6) is 4.56. The summed E-state index contributed by atoms with van der Waals surface area (Å²) in [6, 6.07) is 0.644. The molecular formula is C15H22N4. The lowest BCUT2D eigenvalue weighted by molar-refractivity contribution is 0.456. The van der Waals surface area contributed by atoms with Crippen LogP contribution in [-0.2, 0) is 12.8 Å². The Hall–Kier alpha value is -1.19. The minimum Gasteiger partial charge on any atom is -0.350 e. The van der Waals surface area contributed by atoms with Gasteiger partial charge in [-0.15, -0.1) is 5.10 Å². The Bertz CT molecular complexity index is 485. The van der Waals surface area contributed by atoms with Gasteiger partial charge in [0.2, 0.25) is 5.95 Å². The van der Waals surface area contributed by atoms with Crippen molar-refractivity contribution in [1.82, 2.24) is 15.2 Å². The highest BCUT2D eigenvalue weighted by atomic mass is 15.3. The number of nitrogens with one attached hydrogen (secondary N) is 1. The maximum Gasteiger partial charge on any atom is 0.243 e. The molecule has 3 fully saturated rings. The lowest BCUT2D eigenvalue weighted by Crippen LogP contribution is -2.16. The molecule has 19 heavy (non-hydrogen) atoms. The monoisotopic (exact) mass is 258 g/mol. The first-order valence-corrected chi connectivity index (χ1v) is 7.80. The highest BCUT2D eigenvalue weighted by Crippen LogP contribution is 2.66. The molecule has 4 atom stereocenters. The van der Waals surface area contributed by atoms with Gasteiger partial charge < -0.3 is 5.32 Å². The number of hydrogen-bond acceptors (Lipinski definition) is 4. The van der Waals surface area contributed by atoms with Crippen LogP contribution >= 0.6 is 0 Å². The molecule has 0 aliphatic heterocycles. The van der Waals surface area contributed by atoms with E-state index in [4.69, 9.17) is 0 Å². The highest BCUT2D eigenvalue weighted by Gasteiger charge is 2.65. The summed E-state index contributed by atoms with van der Waals surface area (Å²) in [5.41, 5.74) is 2.15. The van der Waals surface area contributed by atoms with Crippen molar-refractivity contribution in [3.05, 3.63) is 11.4 Å². The van der Waals surface area contributed by atoms with Crippen LogP contribution in [0.3, 0.4) is 0 Å². The predicted molar refractivity (Wildman–Crippen MR) is 73.8 cm³/mol. The van der Waals surface area contributed by atoms with Crippen LogP contribution in [0, 0.1) is 23.7 Å². The van der Waals surface area contributed by atoms with Crippen molar-refractivity contribution < 1.29 is 0 Å². The molecule has 102 valence electrons. The minimum absolute atomic E-state index is 0.644. The van der Waals surface area contributed by atoms with Crippen molar-refractivity contribution in [3.8, 4) is 0 Å². The molecule has 1 heterocycles. The summed E-state index contributed by atoms with van der Waals surface area (Å²) in [4.78, 5) is 4.66. The molecule has 4 unspecified atom stereocenters. The molecule has 4 nitrogen and oxygen atoms in total. The van der Waals surface area contributed by atoms with E-state index in [1.807, 2.05) is 0 Å². The van der Waals surface area contributed by atoms with Gasteiger partial charge in [-0.25, -0.2) is 4.98 Å². The van der Waals surface area contributed by atoms with E-state index < -0.39 is 0 Å². The molecule has 1 aromatic rings. The number of aromatic nitrogens is 3. The Morgan fingerprint density at radius 3 is 2.32 bits per heavy atom. The number of fused-ring (bicyclic) bond motifs is 5. The molecule has 3 aliphatic carbocycles. The summed E-state index contributed by atoms with van der Waals surface area (Å²) in [5, 5.41) is 12.1. The van der Waals surface area contributed by atoms with Gasteiger partial charge in [-0.05, 0) is 55.8 Å². The maximum atomic E-state index is 4.66. The number of anilines is 1. The van der Waals surface area contributed by atoms with Gasteiger partial charge in [0.15, 0.2) is 0 Å². The standard InChI is InChI=1S/C15H22N4/c1-3-10-11(4-2)18-19-15(16-10)17-14-12-8-5-6-9(7-8)13(12)14/h8-9,12-14H,3-7H2,1-2H3,(H,16,17,19). The molecule has 3 saturated carbocycles. The van der Waals surface area contributed by atoms with Crippen LogP contribution in [-0.4, -0.2) is 21.2 Å².